The summed E-state index contributed by atoms with van der Waals surface area (Å²) < 4.78 is 16.9. The summed E-state index contributed by atoms with van der Waals surface area (Å²) in [5.41, 5.74) is 0. The molecule has 14 heavy (non-hydrogen) atoms. The van der Waals surface area contributed by atoms with E-state index in [1.807, 2.05) is 20.8 Å². The van der Waals surface area contributed by atoms with Crippen molar-refractivity contribution in [3.8, 4) is 0 Å². The van der Waals surface area contributed by atoms with Crippen LogP contribution in [-0.2, 0) is 13.3 Å². The van der Waals surface area contributed by atoms with Gasteiger partial charge in [-0.3, -0.25) is 0 Å². The zero-order valence-electron chi connectivity index (χ0n) is 9.67. The summed E-state index contributed by atoms with van der Waals surface area (Å²) >= 11 is 0. The predicted molar refractivity (Wildman–Crippen MR) is 63.0 cm³/mol. The molecule has 0 aliphatic rings. The van der Waals surface area contributed by atoms with Gasteiger partial charge in [0.05, 0.1) is 0 Å². The van der Waals surface area contributed by atoms with Crippen LogP contribution in [0.2, 0.25) is 6.04 Å². The Bertz CT molecular complexity index is 95.1. The quantitative estimate of drug-likeness (QED) is 0.613. The van der Waals surface area contributed by atoms with Crippen LogP contribution in [0.3, 0.4) is 0 Å². The number of halogens is 1. The van der Waals surface area contributed by atoms with Gasteiger partial charge in [-0.05, 0) is 20.8 Å². The summed E-state index contributed by atoms with van der Waals surface area (Å²) in [6.07, 6.45) is 1.05. The van der Waals surface area contributed by atoms with Crippen LogP contribution in [0.1, 0.15) is 34.1 Å². The first-order valence-corrected chi connectivity index (χ1v) is 7.09. The van der Waals surface area contributed by atoms with Crippen LogP contribution in [-0.4, -0.2) is 28.6 Å². The van der Waals surface area contributed by atoms with Crippen LogP contribution in [0.5, 0.6) is 0 Å². The Hall–Kier alpha value is 0.387. The van der Waals surface area contributed by atoms with Gasteiger partial charge in [-0.2, -0.15) is 0 Å². The molecule has 0 saturated carbocycles. The van der Waals surface area contributed by atoms with Crippen molar-refractivity contribution in [2.45, 2.75) is 40.2 Å². The van der Waals surface area contributed by atoms with Gasteiger partial charge in [0.25, 0.3) is 0 Å². The van der Waals surface area contributed by atoms with Crippen molar-refractivity contribution in [3.05, 3.63) is 0 Å². The maximum absolute atomic E-state index is 5.65. The van der Waals surface area contributed by atoms with Gasteiger partial charge in [0, 0.05) is 25.9 Å². The lowest BCUT2D eigenvalue weighted by Crippen LogP contribution is -2.45. The summed E-state index contributed by atoms with van der Waals surface area (Å²) in [5, 5.41) is 0. The number of hydrogen-bond donors (Lipinski definition) is 0. The van der Waals surface area contributed by atoms with Crippen molar-refractivity contribution in [1.29, 1.82) is 0 Å². The Kier molecular flexibility index (Phi) is 11.9. The SMILES string of the molecule is CCC[Si](OCC)(OCC)OCC.Cl. The van der Waals surface area contributed by atoms with Crippen LogP contribution >= 0.6 is 12.4 Å². The monoisotopic (exact) mass is 242 g/mol. The molecule has 0 aromatic carbocycles. The predicted octanol–water partition coefficient (Wildman–Crippen LogP) is 2.87. The van der Waals surface area contributed by atoms with E-state index in [0.717, 1.165) is 12.5 Å². The first-order chi connectivity index (χ1) is 6.24. The third kappa shape index (κ3) is 5.98. The van der Waals surface area contributed by atoms with E-state index in [0.29, 0.717) is 19.8 Å². The van der Waals surface area contributed by atoms with Crippen LogP contribution in [0.15, 0.2) is 0 Å². The lowest BCUT2D eigenvalue weighted by Gasteiger charge is -2.27. The van der Waals surface area contributed by atoms with Crippen LogP contribution in [0, 0.1) is 0 Å². The van der Waals surface area contributed by atoms with E-state index in [-0.39, 0.29) is 12.4 Å². The van der Waals surface area contributed by atoms with Gasteiger partial charge in [-0.25, -0.2) is 0 Å². The molecule has 0 N–H and O–H groups in total. The van der Waals surface area contributed by atoms with Crippen molar-refractivity contribution in [3.63, 3.8) is 0 Å². The van der Waals surface area contributed by atoms with Gasteiger partial charge >= 0.3 is 8.80 Å². The fourth-order valence-corrected chi connectivity index (χ4v) is 3.92. The fraction of sp³-hybridized carbons (Fsp3) is 1.00. The molecule has 0 aromatic heterocycles. The summed E-state index contributed by atoms with van der Waals surface area (Å²) in [7, 11) is -2.30. The molecule has 0 atom stereocenters. The Morgan fingerprint density at radius 2 is 1.14 bits per heavy atom. The van der Waals surface area contributed by atoms with Gasteiger partial charge in [-0.15, -0.1) is 12.4 Å². The van der Waals surface area contributed by atoms with Gasteiger partial charge in [0.15, 0.2) is 0 Å². The summed E-state index contributed by atoms with van der Waals surface area (Å²) in [6.45, 7) is 10.1. The third-order valence-electron chi connectivity index (χ3n) is 1.65. The molecule has 0 radical (unpaired) electrons. The lowest BCUT2D eigenvalue weighted by molar-refractivity contribution is 0.0712. The van der Waals surface area contributed by atoms with E-state index >= 15 is 0 Å². The molecule has 0 heterocycles. The standard InChI is InChI=1S/C9H22O3Si.ClH/c1-5-9-13(10-6-2,11-7-3)12-8-4;/h5-9H2,1-4H3;1H. The van der Waals surface area contributed by atoms with Gasteiger partial charge < -0.3 is 13.3 Å². The minimum atomic E-state index is -2.30. The highest BCUT2D eigenvalue weighted by Crippen LogP contribution is 2.17. The molecule has 0 aliphatic heterocycles. The van der Waals surface area contributed by atoms with Crippen molar-refractivity contribution < 1.29 is 13.3 Å². The first kappa shape index (κ1) is 16.8. The first-order valence-electron chi connectivity index (χ1n) is 5.16. The molecule has 0 rings (SSSR count). The maximum Gasteiger partial charge on any atom is 0.500 e. The molecule has 3 nitrogen and oxygen atoms in total. The Morgan fingerprint density at radius 3 is 1.36 bits per heavy atom. The van der Waals surface area contributed by atoms with Crippen molar-refractivity contribution in [2.75, 3.05) is 19.8 Å². The molecular formula is C9H23ClO3Si. The van der Waals surface area contributed by atoms with E-state index < -0.39 is 8.80 Å². The normalized spacial score (nSPS) is 11.1. The van der Waals surface area contributed by atoms with Gasteiger partial charge in [-0.1, -0.05) is 13.3 Å². The van der Waals surface area contributed by atoms with E-state index in [9.17, 15) is 0 Å². The maximum atomic E-state index is 5.65. The Balaban J connectivity index is 0. The zero-order chi connectivity index (χ0) is 10.2. The molecule has 0 fully saturated rings. The van der Waals surface area contributed by atoms with Crippen LogP contribution < -0.4 is 0 Å². The van der Waals surface area contributed by atoms with E-state index in [1.54, 1.807) is 0 Å². The second-order valence-corrected chi connectivity index (χ2v) is 5.46. The van der Waals surface area contributed by atoms with E-state index in [2.05, 4.69) is 6.92 Å². The molecule has 5 heteroatoms. The second kappa shape index (κ2) is 9.92. The topological polar surface area (TPSA) is 27.7 Å². The summed E-state index contributed by atoms with van der Waals surface area (Å²) in [6, 6.07) is 0.919. The second-order valence-electron chi connectivity index (χ2n) is 2.73. The zero-order valence-corrected chi connectivity index (χ0v) is 11.5. The minimum absolute atomic E-state index is 0. The molecule has 0 spiro atoms. The molecule has 0 unspecified atom stereocenters. The van der Waals surface area contributed by atoms with Crippen LogP contribution in [0.25, 0.3) is 0 Å². The molecular weight excluding hydrogens is 220 g/mol. The van der Waals surface area contributed by atoms with Crippen molar-refractivity contribution in [2.24, 2.45) is 0 Å². The van der Waals surface area contributed by atoms with E-state index in [1.165, 1.54) is 0 Å². The molecule has 88 valence electrons. The summed E-state index contributed by atoms with van der Waals surface area (Å²) in [5.74, 6) is 0. The van der Waals surface area contributed by atoms with Gasteiger partial charge in [0.2, 0.25) is 0 Å². The highest BCUT2D eigenvalue weighted by atomic mass is 35.5. The number of hydrogen-bond acceptors (Lipinski definition) is 3. The third-order valence-corrected chi connectivity index (χ3v) is 4.95. The van der Waals surface area contributed by atoms with E-state index in [4.69, 9.17) is 13.3 Å². The fourth-order valence-electron chi connectivity index (χ4n) is 1.31. The van der Waals surface area contributed by atoms with Crippen molar-refractivity contribution in [1.82, 2.24) is 0 Å². The number of rotatable bonds is 8. The highest BCUT2D eigenvalue weighted by molar-refractivity contribution is 6.60. The van der Waals surface area contributed by atoms with Gasteiger partial charge in [0.1, 0.15) is 0 Å². The summed E-state index contributed by atoms with van der Waals surface area (Å²) in [4.78, 5) is 0. The van der Waals surface area contributed by atoms with Crippen molar-refractivity contribution >= 4 is 21.2 Å². The highest BCUT2D eigenvalue weighted by Gasteiger charge is 2.38. The average Bonchev–Trinajstić information content (AvgIpc) is 2.06. The smallest absolute Gasteiger partial charge is 0.374 e. The molecule has 0 saturated heterocycles. The lowest BCUT2D eigenvalue weighted by atomic mass is 10.6. The Labute approximate surface area is 94.9 Å². The Morgan fingerprint density at radius 1 is 0.786 bits per heavy atom. The molecule has 0 aromatic rings. The molecule has 0 amide bonds. The molecule has 0 aliphatic carbocycles. The van der Waals surface area contributed by atoms with Crippen LogP contribution in [0.4, 0.5) is 0 Å². The molecule has 0 bridgehead atoms. The average molecular weight is 243 g/mol. The minimum Gasteiger partial charge on any atom is -0.374 e. The largest absolute Gasteiger partial charge is 0.500 e.